The van der Waals surface area contributed by atoms with Crippen molar-refractivity contribution in [3.05, 3.63) is 64.7 Å². The summed E-state index contributed by atoms with van der Waals surface area (Å²) in [5.41, 5.74) is 8.51. The highest BCUT2D eigenvalue weighted by Crippen LogP contribution is 2.24. The highest BCUT2D eigenvalue weighted by molar-refractivity contribution is 6.14. The molecule has 0 amide bonds. The van der Waals surface area contributed by atoms with Crippen molar-refractivity contribution in [2.75, 3.05) is 6.54 Å². The van der Waals surface area contributed by atoms with Crippen LogP contribution in [-0.2, 0) is 0 Å². The van der Waals surface area contributed by atoms with Gasteiger partial charge < -0.3 is 10.8 Å². The van der Waals surface area contributed by atoms with Crippen LogP contribution >= 0.6 is 0 Å². The number of nitrogens with two attached hydrogens (primary N) is 1. The molecule has 0 aliphatic carbocycles. The van der Waals surface area contributed by atoms with Gasteiger partial charge in [0.2, 0.25) is 0 Å². The molecule has 3 N–H and O–H groups in total. The zero-order valence-electron chi connectivity index (χ0n) is 18.2. The van der Waals surface area contributed by atoms with E-state index >= 15 is 0 Å². The van der Waals surface area contributed by atoms with E-state index in [1.165, 1.54) is 6.08 Å². The first-order valence-electron chi connectivity index (χ1n) is 9.66. The minimum absolute atomic E-state index is 0.0869. The normalized spacial score (nSPS) is 12.6. The van der Waals surface area contributed by atoms with E-state index in [1.807, 2.05) is 47.6 Å². The first kappa shape index (κ1) is 26.9. The molecule has 0 saturated carbocycles. The van der Waals surface area contributed by atoms with Crippen LogP contribution in [0.3, 0.4) is 0 Å². The van der Waals surface area contributed by atoms with Gasteiger partial charge in [0.15, 0.2) is 0 Å². The Morgan fingerprint density at radius 1 is 1.19 bits per heavy atom. The number of halogens is 1. The molecule has 4 heteroatoms. The highest BCUT2D eigenvalue weighted by atomic mass is 19.1. The van der Waals surface area contributed by atoms with Gasteiger partial charge in [-0.15, -0.1) is 0 Å². The molecular formula is C23H37FN2O. The third-order valence-electron chi connectivity index (χ3n) is 3.28. The van der Waals surface area contributed by atoms with Crippen molar-refractivity contribution in [2.24, 2.45) is 10.7 Å². The van der Waals surface area contributed by atoms with Gasteiger partial charge in [0, 0.05) is 16.8 Å². The summed E-state index contributed by atoms with van der Waals surface area (Å²) in [5, 5.41) is 10.2. The number of aliphatic imine (C=N–C) groups is 1. The van der Waals surface area contributed by atoms with Gasteiger partial charge in [0.1, 0.15) is 11.6 Å². The maximum atomic E-state index is 14.3. The molecule has 1 aromatic carbocycles. The van der Waals surface area contributed by atoms with Gasteiger partial charge in [-0.25, -0.2) is 4.39 Å². The van der Waals surface area contributed by atoms with Crippen LogP contribution in [0.2, 0.25) is 0 Å². The van der Waals surface area contributed by atoms with Gasteiger partial charge in [-0.3, -0.25) is 4.99 Å². The van der Waals surface area contributed by atoms with E-state index in [-0.39, 0.29) is 11.6 Å². The van der Waals surface area contributed by atoms with E-state index < -0.39 is 0 Å². The first-order chi connectivity index (χ1) is 12.9. The highest BCUT2D eigenvalue weighted by Gasteiger charge is 2.14. The third kappa shape index (κ3) is 10.4. The molecule has 0 fully saturated rings. The number of nitrogens with zero attached hydrogens (tertiary/aromatic N) is 1. The van der Waals surface area contributed by atoms with E-state index in [4.69, 9.17) is 5.73 Å². The van der Waals surface area contributed by atoms with Gasteiger partial charge >= 0.3 is 0 Å². The van der Waals surface area contributed by atoms with Gasteiger partial charge in [0.25, 0.3) is 0 Å². The summed E-state index contributed by atoms with van der Waals surface area (Å²) < 4.78 is 14.3. The van der Waals surface area contributed by atoms with Crippen molar-refractivity contribution in [1.82, 2.24) is 0 Å². The van der Waals surface area contributed by atoms with Crippen LogP contribution < -0.4 is 5.73 Å². The number of aryl methyl sites for hydroxylation is 1. The number of phenolic OH excluding ortho intramolecular Hbond substituents is 1. The van der Waals surface area contributed by atoms with Gasteiger partial charge in [-0.05, 0) is 57.0 Å². The van der Waals surface area contributed by atoms with Crippen LogP contribution in [0.1, 0.15) is 66.0 Å². The van der Waals surface area contributed by atoms with E-state index in [9.17, 15) is 9.50 Å². The minimum atomic E-state index is -0.362. The summed E-state index contributed by atoms with van der Waals surface area (Å²) in [6.45, 7) is 15.6. The third-order valence-corrected chi connectivity index (χ3v) is 3.28. The molecule has 0 bridgehead atoms. The standard InChI is InChI=1S/C19H25FN2O.2C2H6/c1-5-6-7-17(20)15(4)19(22-11-10-14(3)21)16-9-8-13(2)12-18(16)23;2*1-2/h6-10,12,23H,5,11,21H2,1-4H3;2*1-2H3/b7-6-,14-10+,17-15-,22-19?;;. The number of aromatic hydroxyl groups is 1. The second kappa shape index (κ2) is 15.9. The summed E-state index contributed by atoms with van der Waals surface area (Å²) in [7, 11) is 0. The molecule has 3 nitrogen and oxygen atoms in total. The molecule has 0 spiro atoms. The largest absolute Gasteiger partial charge is 0.507 e. The fraction of sp³-hybridized carbons (Fsp3) is 0.435. The summed E-state index contributed by atoms with van der Waals surface area (Å²) >= 11 is 0. The molecule has 0 heterocycles. The van der Waals surface area contributed by atoms with Crippen LogP contribution in [0.25, 0.3) is 0 Å². The maximum Gasteiger partial charge on any atom is 0.127 e. The Hall–Kier alpha value is -2.36. The Balaban J connectivity index is 0. The molecule has 27 heavy (non-hydrogen) atoms. The molecule has 0 radical (unpaired) electrons. The van der Waals surface area contributed by atoms with Crippen LogP contribution in [0.4, 0.5) is 4.39 Å². The average molecular weight is 377 g/mol. The predicted molar refractivity (Wildman–Crippen MR) is 118 cm³/mol. The Labute approximate surface area is 165 Å². The van der Waals surface area contributed by atoms with Crippen molar-refractivity contribution < 1.29 is 9.50 Å². The van der Waals surface area contributed by atoms with E-state index in [0.717, 1.165) is 12.0 Å². The molecule has 0 saturated heterocycles. The molecule has 0 aromatic heterocycles. The van der Waals surface area contributed by atoms with Gasteiger partial charge in [0.05, 0.1) is 12.3 Å². The van der Waals surface area contributed by atoms with Crippen molar-refractivity contribution in [1.29, 1.82) is 0 Å². The molecule has 0 aliphatic heterocycles. The lowest BCUT2D eigenvalue weighted by Gasteiger charge is -2.11. The summed E-state index contributed by atoms with van der Waals surface area (Å²) in [6, 6.07) is 5.26. The van der Waals surface area contributed by atoms with Crippen LogP contribution in [0, 0.1) is 6.92 Å². The number of phenols is 1. The second-order valence-electron chi connectivity index (χ2n) is 5.44. The van der Waals surface area contributed by atoms with Crippen molar-refractivity contribution in [2.45, 2.75) is 61.8 Å². The molecule has 0 atom stereocenters. The average Bonchev–Trinajstić information content (AvgIpc) is 2.66. The number of hydrogen-bond donors (Lipinski definition) is 2. The molecule has 0 aliphatic rings. The Kier molecular flexibility index (Phi) is 15.8. The van der Waals surface area contributed by atoms with E-state index in [0.29, 0.717) is 29.1 Å². The number of rotatable bonds is 6. The Morgan fingerprint density at radius 3 is 2.26 bits per heavy atom. The number of benzene rings is 1. The van der Waals surface area contributed by atoms with Crippen LogP contribution in [0.15, 0.2) is 58.5 Å². The maximum absolute atomic E-state index is 14.3. The zero-order valence-corrected chi connectivity index (χ0v) is 18.2. The molecule has 152 valence electrons. The number of allylic oxidation sites excluding steroid dienone is 5. The monoisotopic (exact) mass is 376 g/mol. The number of hydrogen-bond acceptors (Lipinski definition) is 3. The smallest absolute Gasteiger partial charge is 0.127 e. The summed E-state index contributed by atoms with van der Waals surface area (Å²) in [5.74, 6) is -0.275. The van der Waals surface area contributed by atoms with Crippen molar-refractivity contribution >= 4 is 5.71 Å². The lowest BCUT2D eigenvalue weighted by Crippen LogP contribution is -2.06. The zero-order chi connectivity index (χ0) is 21.4. The Morgan fingerprint density at radius 2 is 1.78 bits per heavy atom. The fourth-order valence-electron chi connectivity index (χ4n) is 1.99. The molecule has 0 unspecified atom stereocenters. The fourth-order valence-corrected chi connectivity index (χ4v) is 1.99. The lowest BCUT2D eigenvalue weighted by molar-refractivity contribution is 0.473. The van der Waals surface area contributed by atoms with Crippen molar-refractivity contribution in [3.8, 4) is 5.75 Å². The second-order valence-corrected chi connectivity index (χ2v) is 5.44. The quantitative estimate of drug-likeness (QED) is 0.433. The summed E-state index contributed by atoms with van der Waals surface area (Å²) in [4.78, 5) is 4.42. The molecule has 1 rings (SSSR count). The van der Waals surface area contributed by atoms with E-state index in [2.05, 4.69) is 4.99 Å². The van der Waals surface area contributed by atoms with Crippen molar-refractivity contribution in [3.63, 3.8) is 0 Å². The molecular weight excluding hydrogens is 339 g/mol. The topological polar surface area (TPSA) is 58.6 Å². The lowest BCUT2D eigenvalue weighted by atomic mass is 10.00. The van der Waals surface area contributed by atoms with Gasteiger partial charge in [-0.1, -0.05) is 46.8 Å². The van der Waals surface area contributed by atoms with Crippen LogP contribution in [0.5, 0.6) is 5.75 Å². The van der Waals surface area contributed by atoms with Crippen LogP contribution in [-0.4, -0.2) is 17.4 Å². The predicted octanol–water partition coefficient (Wildman–Crippen LogP) is 6.61. The minimum Gasteiger partial charge on any atom is -0.507 e. The van der Waals surface area contributed by atoms with Gasteiger partial charge in [-0.2, -0.15) is 0 Å². The Bertz CT molecular complexity index is 667. The molecule has 1 aromatic rings. The summed E-state index contributed by atoms with van der Waals surface area (Å²) in [6.07, 6.45) is 5.67. The van der Waals surface area contributed by atoms with E-state index in [1.54, 1.807) is 38.1 Å². The first-order valence-corrected chi connectivity index (χ1v) is 9.66. The SMILES string of the molecule is CC.CC.CC/C=C\C(F)=C(/C)C(=NC/C=C(\C)N)c1ccc(C)cc1O.